The van der Waals surface area contributed by atoms with Crippen molar-refractivity contribution in [2.45, 2.75) is 26.9 Å². The van der Waals surface area contributed by atoms with Crippen LogP contribution in [-0.4, -0.2) is 6.10 Å². The van der Waals surface area contributed by atoms with E-state index in [1.165, 1.54) is 5.56 Å². The van der Waals surface area contributed by atoms with Gasteiger partial charge in [0.25, 0.3) is 0 Å². The molecule has 1 aromatic carbocycles. The van der Waals surface area contributed by atoms with Crippen molar-refractivity contribution in [1.82, 2.24) is 0 Å². The standard InChI is InChI=1S/C10H12Br2O/c1-6(2)13-10-8(11)4-7(3)5-9(10)12/h4-6H,1-3H3. The van der Waals surface area contributed by atoms with E-state index >= 15 is 0 Å². The molecule has 0 aliphatic carbocycles. The van der Waals surface area contributed by atoms with E-state index in [9.17, 15) is 0 Å². The van der Waals surface area contributed by atoms with Crippen LogP contribution in [0.3, 0.4) is 0 Å². The Morgan fingerprint density at radius 2 is 1.62 bits per heavy atom. The number of hydrogen-bond acceptors (Lipinski definition) is 1. The van der Waals surface area contributed by atoms with E-state index in [4.69, 9.17) is 4.74 Å². The molecular formula is C10H12Br2O. The van der Waals surface area contributed by atoms with Crippen molar-refractivity contribution in [3.05, 3.63) is 26.6 Å². The fourth-order valence-corrected chi connectivity index (χ4v) is 2.64. The highest BCUT2D eigenvalue weighted by Gasteiger charge is 2.08. The molecule has 0 amide bonds. The van der Waals surface area contributed by atoms with Gasteiger partial charge in [-0.05, 0) is 70.3 Å². The van der Waals surface area contributed by atoms with Crippen molar-refractivity contribution >= 4 is 31.9 Å². The van der Waals surface area contributed by atoms with Crippen LogP contribution < -0.4 is 4.74 Å². The topological polar surface area (TPSA) is 9.23 Å². The van der Waals surface area contributed by atoms with Gasteiger partial charge in [-0.2, -0.15) is 0 Å². The van der Waals surface area contributed by atoms with Crippen LogP contribution in [0.5, 0.6) is 5.75 Å². The maximum absolute atomic E-state index is 5.64. The van der Waals surface area contributed by atoms with E-state index in [1.54, 1.807) is 0 Å². The van der Waals surface area contributed by atoms with Crippen LogP contribution in [0.4, 0.5) is 0 Å². The van der Waals surface area contributed by atoms with Crippen molar-refractivity contribution < 1.29 is 4.74 Å². The summed E-state index contributed by atoms with van der Waals surface area (Å²) in [6, 6.07) is 4.09. The summed E-state index contributed by atoms with van der Waals surface area (Å²) in [7, 11) is 0. The van der Waals surface area contributed by atoms with Gasteiger partial charge in [0.1, 0.15) is 5.75 Å². The molecule has 0 spiro atoms. The Kier molecular flexibility index (Phi) is 3.80. The molecule has 0 aliphatic rings. The highest BCUT2D eigenvalue weighted by molar-refractivity contribution is 9.11. The summed E-state index contributed by atoms with van der Waals surface area (Å²) in [5.41, 5.74) is 1.20. The van der Waals surface area contributed by atoms with E-state index in [1.807, 2.05) is 26.0 Å². The summed E-state index contributed by atoms with van der Waals surface area (Å²) in [6.45, 7) is 6.08. The molecule has 13 heavy (non-hydrogen) atoms. The first-order valence-corrected chi connectivity index (χ1v) is 5.71. The number of benzene rings is 1. The van der Waals surface area contributed by atoms with Crippen LogP contribution in [-0.2, 0) is 0 Å². The van der Waals surface area contributed by atoms with Gasteiger partial charge in [0.15, 0.2) is 0 Å². The Balaban J connectivity index is 3.06. The van der Waals surface area contributed by atoms with Gasteiger partial charge in [-0.25, -0.2) is 0 Å². The molecule has 0 aliphatic heterocycles. The maximum atomic E-state index is 5.64. The summed E-state index contributed by atoms with van der Waals surface area (Å²) >= 11 is 6.94. The summed E-state index contributed by atoms with van der Waals surface area (Å²) in [4.78, 5) is 0. The van der Waals surface area contributed by atoms with Crippen molar-refractivity contribution in [2.24, 2.45) is 0 Å². The third-order valence-corrected chi connectivity index (χ3v) is 2.67. The fourth-order valence-electron chi connectivity index (χ4n) is 1.03. The van der Waals surface area contributed by atoms with Crippen LogP contribution in [0.2, 0.25) is 0 Å². The van der Waals surface area contributed by atoms with E-state index in [-0.39, 0.29) is 6.10 Å². The smallest absolute Gasteiger partial charge is 0.148 e. The third kappa shape index (κ3) is 2.99. The number of halogens is 2. The molecule has 0 saturated carbocycles. The SMILES string of the molecule is Cc1cc(Br)c(OC(C)C)c(Br)c1. The van der Waals surface area contributed by atoms with Gasteiger partial charge < -0.3 is 4.74 Å². The van der Waals surface area contributed by atoms with Crippen LogP contribution in [0.25, 0.3) is 0 Å². The molecule has 0 atom stereocenters. The third-order valence-electron chi connectivity index (χ3n) is 1.50. The van der Waals surface area contributed by atoms with Gasteiger partial charge >= 0.3 is 0 Å². The van der Waals surface area contributed by atoms with Gasteiger partial charge in [-0.1, -0.05) is 0 Å². The molecule has 0 aromatic heterocycles. The van der Waals surface area contributed by atoms with Crippen molar-refractivity contribution in [3.63, 3.8) is 0 Å². The lowest BCUT2D eigenvalue weighted by atomic mass is 10.2. The van der Waals surface area contributed by atoms with Crippen molar-refractivity contribution in [2.75, 3.05) is 0 Å². The highest BCUT2D eigenvalue weighted by Crippen LogP contribution is 2.35. The number of hydrogen-bond donors (Lipinski definition) is 0. The first-order chi connectivity index (χ1) is 6.00. The summed E-state index contributed by atoms with van der Waals surface area (Å²) < 4.78 is 7.62. The Hall–Kier alpha value is -0.0200. The van der Waals surface area contributed by atoms with Crippen LogP contribution >= 0.6 is 31.9 Å². The van der Waals surface area contributed by atoms with E-state index in [0.29, 0.717) is 0 Å². The Labute approximate surface area is 95.7 Å². The predicted molar refractivity (Wildman–Crippen MR) is 62.3 cm³/mol. The number of ether oxygens (including phenoxy) is 1. The zero-order valence-electron chi connectivity index (χ0n) is 7.90. The van der Waals surface area contributed by atoms with Gasteiger partial charge in [0.05, 0.1) is 15.0 Å². The minimum atomic E-state index is 0.190. The highest BCUT2D eigenvalue weighted by atomic mass is 79.9. The average Bonchev–Trinajstić information content (AvgIpc) is 1.96. The summed E-state index contributed by atoms with van der Waals surface area (Å²) in [6.07, 6.45) is 0.190. The lowest BCUT2D eigenvalue weighted by molar-refractivity contribution is 0.239. The normalized spacial score (nSPS) is 10.6. The van der Waals surface area contributed by atoms with Gasteiger partial charge in [0.2, 0.25) is 0 Å². The van der Waals surface area contributed by atoms with Crippen LogP contribution in [0, 0.1) is 6.92 Å². The Morgan fingerprint density at radius 3 is 2.00 bits per heavy atom. The molecular weight excluding hydrogens is 296 g/mol. The molecule has 0 saturated heterocycles. The number of aryl methyl sites for hydroxylation is 1. The second-order valence-corrected chi connectivity index (χ2v) is 4.93. The average molecular weight is 308 g/mol. The quantitative estimate of drug-likeness (QED) is 0.791. The Morgan fingerprint density at radius 1 is 1.15 bits per heavy atom. The minimum absolute atomic E-state index is 0.190. The van der Waals surface area contributed by atoms with Crippen LogP contribution in [0.15, 0.2) is 21.1 Å². The fraction of sp³-hybridized carbons (Fsp3) is 0.400. The predicted octanol–water partition coefficient (Wildman–Crippen LogP) is 4.31. The van der Waals surface area contributed by atoms with E-state index in [2.05, 4.69) is 38.8 Å². The van der Waals surface area contributed by atoms with Crippen LogP contribution in [0.1, 0.15) is 19.4 Å². The maximum Gasteiger partial charge on any atom is 0.148 e. The van der Waals surface area contributed by atoms with Gasteiger partial charge in [-0.3, -0.25) is 0 Å². The second-order valence-electron chi connectivity index (χ2n) is 3.22. The van der Waals surface area contributed by atoms with E-state index in [0.717, 1.165) is 14.7 Å². The number of rotatable bonds is 2. The largest absolute Gasteiger partial charge is 0.489 e. The molecule has 3 heteroatoms. The molecule has 0 radical (unpaired) electrons. The first-order valence-electron chi connectivity index (χ1n) is 4.13. The van der Waals surface area contributed by atoms with E-state index < -0.39 is 0 Å². The van der Waals surface area contributed by atoms with Gasteiger partial charge in [0, 0.05) is 0 Å². The lowest BCUT2D eigenvalue weighted by Crippen LogP contribution is -2.06. The Bertz CT molecular complexity index is 285. The monoisotopic (exact) mass is 306 g/mol. The lowest BCUT2D eigenvalue weighted by Gasteiger charge is -2.13. The summed E-state index contributed by atoms with van der Waals surface area (Å²) in [5, 5.41) is 0. The molecule has 0 bridgehead atoms. The zero-order valence-corrected chi connectivity index (χ0v) is 11.1. The zero-order chi connectivity index (χ0) is 10.0. The first kappa shape index (κ1) is 11.1. The summed E-state index contributed by atoms with van der Waals surface area (Å²) in [5.74, 6) is 0.876. The van der Waals surface area contributed by atoms with Crippen molar-refractivity contribution in [3.8, 4) is 5.75 Å². The molecule has 0 unspecified atom stereocenters. The molecule has 1 rings (SSSR count). The molecule has 0 heterocycles. The van der Waals surface area contributed by atoms with Crippen molar-refractivity contribution in [1.29, 1.82) is 0 Å². The molecule has 1 aromatic rings. The second kappa shape index (κ2) is 4.47. The molecule has 1 nitrogen and oxygen atoms in total. The molecule has 0 fully saturated rings. The van der Waals surface area contributed by atoms with Gasteiger partial charge in [-0.15, -0.1) is 0 Å². The minimum Gasteiger partial charge on any atom is -0.489 e. The molecule has 0 N–H and O–H groups in total. The molecule has 72 valence electrons.